The molecule has 1 aromatic rings. The minimum Gasteiger partial charge on any atom is -0.323 e. The minimum absolute atomic E-state index is 0.0354. The fourth-order valence-electron chi connectivity index (χ4n) is 1.75. The summed E-state index contributed by atoms with van der Waals surface area (Å²) in [5.41, 5.74) is 1.67. The molecule has 1 aliphatic heterocycles. The van der Waals surface area contributed by atoms with Crippen LogP contribution in [0.25, 0.3) is 0 Å². The zero-order valence-electron chi connectivity index (χ0n) is 8.67. The lowest BCUT2D eigenvalue weighted by atomic mass is 10.1. The van der Waals surface area contributed by atoms with Crippen LogP contribution in [0.2, 0.25) is 5.02 Å². The molecule has 0 saturated carbocycles. The van der Waals surface area contributed by atoms with Crippen LogP contribution in [0, 0.1) is 0 Å². The molecule has 0 aliphatic carbocycles. The largest absolute Gasteiger partial charge is 0.323 e. The van der Waals surface area contributed by atoms with Gasteiger partial charge in [0, 0.05) is 11.6 Å². The van der Waals surface area contributed by atoms with Gasteiger partial charge in [0.05, 0.1) is 10.7 Å². The van der Waals surface area contributed by atoms with Gasteiger partial charge in [0.1, 0.15) is 6.04 Å². The Morgan fingerprint density at radius 1 is 1.47 bits per heavy atom. The maximum absolute atomic E-state index is 11.7. The second kappa shape index (κ2) is 3.83. The first-order chi connectivity index (χ1) is 7.09. The third kappa shape index (κ3) is 1.85. The number of halogens is 1. The number of rotatable bonds is 2. The summed E-state index contributed by atoms with van der Waals surface area (Å²) in [6.45, 7) is 4.02. The number of hydrogen-bond acceptors (Lipinski definition) is 2. The van der Waals surface area contributed by atoms with Crippen LogP contribution in [-0.2, 0) is 4.79 Å². The topological polar surface area (TPSA) is 41.1 Å². The van der Waals surface area contributed by atoms with Gasteiger partial charge in [0.2, 0.25) is 5.91 Å². The summed E-state index contributed by atoms with van der Waals surface area (Å²) in [6.07, 6.45) is 0. The number of carbonyl (C=O) groups is 1. The summed E-state index contributed by atoms with van der Waals surface area (Å²) in [6, 6.07) is 5.53. The normalized spacial score (nSPS) is 19.2. The minimum atomic E-state index is -0.279. The van der Waals surface area contributed by atoms with Crippen molar-refractivity contribution < 1.29 is 4.79 Å². The Hall–Kier alpha value is -1.06. The number of anilines is 1. The number of amides is 1. The van der Waals surface area contributed by atoms with E-state index in [4.69, 9.17) is 11.6 Å². The molecular weight excluding hydrogens is 212 g/mol. The van der Waals surface area contributed by atoms with Crippen LogP contribution in [0.5, 0.6) is 0 Å². The third-order valence-corrected chi connectivity index (χ3v) is 2.68. The summed E-state index contributed by atoms with van der Waals surface area (Å²) < 4.78 is 0. The zero-order valence-corrected chi connectivity index (χ0v) is 9.43. The molecule has 1 heterocycles. The molecule has 0 bridgehead atoms. The molecule has 2 rings (SSSR count). The van der Waals surface area contributed by atoms with Gasteiger partial charge >= 0.3 is 0 Å². The highest BCUT2D eigenvalue weighted by Gasteiger charge is 2.31. The van der Waals surface area contributed by atoms with E-state index in [0.29, 0.717) is 5.02 Å². The van der Waals surface area contributed by atoms with Crippen molar-refractivity contribution >= 4 is 23.2 Å². The summed E-state index contributed by atoms with van der Waals surface area (Å²) in [5.74, 6) is -0.0354. The van der Waals surface area contributed by atoms with Gasteiger partial charge in [-0.2, -0.15) is 0 Å². The Morgan fingerprint density at radius 3 is 2.87 bits per heavy atom. The molecule has 1 aliphatic rings. The SMILES string of the molecule is CC(C)NC1C(=O)Nc2c(Cl)cccc21. The van der Waals surface area contributed by atoms with Gasteiger partial charge in [0.15, 0.2) is 0 Å². The maximum Gasteiger partial charge on any atom is 0.246 e. The van der Waals surface area contributed by atoms with E-state index in [-0.39, 0.29) is 18.0 Å². The molecule has 1 unspecified atom stereocenters. The van der Waals surface area contributed by atoms with Crippen molar-refractivity contribution in [2.75, 3.05) is 5.32 Å². The van der Waals surface area contributed by atoms with E-state index in [2.05, 4.69) is 10.6 Å². The molecule has 4 heteroatoms. The second-order valence-corrected chi connectivity index (χ2v) is 4.35. The fraction of sp³-hybridized carbons (Fsp3) is 0.364. The average Bonchev–Trinajstić information content (AvgIpc) is 2.45. The third-order valence-electron chi connectivity index (χ3n) is 2.37. The summed E-state index contributed by atoms with van der Waals surface area (Å²) in [5, 5.41) is 6.58. The van der Waals surface area contributed by atoms with Crippen LogP contribution < -0.4 is 10.6 Å². The van der Waals surface area contributed by atoms with Crippen molar-refractivity contribution in [1.29, 1.82) is 0 Å². The van der Waals surface area contributed by atoms with E-state index >= 15 is 0 Å². The first kappa shape index (κ1) is 10.5. The fourth-order valence-corrected chi connectivity index (χ4v) is 1.98. The Kier molecular flexibility index (Phi) is 2.67. The van der Waals surface area contributed by atoms with Crippen molar-refractivity contribution in [2.45, 2.75) is 25.9 Å². The number of para-hydroxylation sites is 1. The van der Waals surface area contributed by atoms with Crippen molar-refractivity contribution in [1.82, 2.24) is 5.32 Å². The number of fused-ring (bicyclic) bond motifs is 1. The molecule has 0 radical (unpaired) electrons. The molecule has 2 N–H and O–H groups in total. The lowest BCUT2D eigenvalue weighted by Gasteiger charge is -2.14. The van der Waals surface area contributed by atoms with Crippen LogP contribution in [0.1, 0.15) is 25.5 Å². The van der Waals surface area contributed by atoms with E-state index in [1.807, 2.05) is 26.0 Å². The lowest BCUT2D eigenvalue weighted by Crippen LogP contribution is -2.32. The molecule has 1 atom stereocenters. The Bertz CT molecular complexity index is 404. The highest BCUT2D eigenvalue weighted by molar-refractivity contribution is 6.34. The van der Waals surface area contributed by atoms with Crippen molar-refractivity contribution in [2.24, 2.45) is 0 Å². The summed E-state index contributed by atoms with van der Waals surface area (Å²) >= 11 is 5.99. The van der Waals surface area contributed by atoms with E-state index in [0.717, 1.165) is 11.3 Å². The van der Waals surface area contributed by atoms with Gasteiger partial charge in [-0.3, -0.25) is 10.1 Å². The van der Waals surface area contributed by atoms with Crippen molar-refractivity contribution in [3.63, 3.8) is 0 Å². The predicted octanol–water partition coefficient (Wildman–Crippen LogP) is 2.33. The van der Waals surface area contributed by atoms with Crippen LogP contribution in [0.15, 0.2) is 18.2 Å². The van der Waals surface area contributed by atoms with E-state index in [1.165, 1.54) is 0 Å². The Morgan fingerprint density at radius 2 is 2.20 bits per heavy atom. The molecule has 0 saturated heterocycles. The number of nitrogens with one attached hydrogen (secondary N) is 2. The van der Waals surface area contributed by atoms with Crippen LogP contribution in [0.4, 0.5) is 5.69 Å². The van der Waals surface area contributed by atoms with Gasteiger partial charge in [-0.15, -0.1) is 0 Å². The Labute approximate surface area is 93.8 Å². The lowest BCUT2D eigenvalue weighted by molar-refractivity contribution is -0.117. The number of hydrogen-bond donors (Lipinski definition) is 2. The molecule has 15 heavy (non-hydrogen) atoms. The van der Waals surface area contributed by atoms with Crippen LogP contribution in [-0.4, -0.2) is 11.9 Å². The van der Waals surface area contributed by atoms with Gasteiger partial charge < -0.3 is 5.32 Å². The van der Waals surface area contributed by atoms with Gasteiger partial charge in [-0.1, -0.05) is 23.7 Å². The van der Waals surface area contributed by atoms with E-state index < -0.39 is 0 Å². The maximum atomic E-state index is 11.7. The molecule has 0 aromatic heterocycles. The standard InChI is InChI=1S/C11H13ClN2O/c1-6(2)13-10-7-4-3-5-8(12)9(7)14-11(10)15/h3-6,10,13H,1-2H3,(H,14,15). The number of benzene rings is 1. The molecule has 80 valence electrons. The van der Waals surface area contributed by atoms with Crippen LogP contribution >= 0.6 is 11.6 Å². The van der Waals surface area contributed by atoms with E-state index in [1.54, 1.807) is 6.07 Å². The molecule has 0 spiro atoms. The first-order valence-corrected chi connectivity index (χ1v) is 5.32. The Balaban J connectivity index is 2.37. The van der Waals surface area contributed by atoms with Gasteiger partial charge in [-0.25, -0.2) is 0 Å². The average molecular weight is 225 g/mol. The smallest absolute Gasteiger partial charge is 0.246 e. The molecular formula is C11H13ClN2O. The first-order valence-electron chi connectivity index (χ1n) is 4.95. The van der Waals surface area contributed by atoms with Crippen molar-refractivity contribution in [3.8, 4) is 0 Å². The summed E-state index contributed by atoms with van der Waals surface area (Å²) in [4.78, 5) is 11.7. The van der Waals surface area contributed by atoms with E-state index in [9.17, 15) is 4.79 Å². The van der Waals surface area contributed by atoms with Gasteiger partial charge in [0.25, 0.3) is 0 Å². The second-order valence-electron chi connectivity index (χ2n) is 3.95. The predicted molar refractivity (Wildman–Crippen MR) is 61.1 cm³/mol. The molecule has 1 aromatic carbocycles. The summed E-state index contributed by atoms with van der Waals surface area (Å²) in [7, 11) is 0. The zero-order chi connectivity index (χ0) is 11.0. The van der Waals surface area contributed by atoms with Crippen molar-refractivity contribution in [3.05, 3.63) is 28.8 Å². The monoisotopic (exact) mass is 224 g/mol. The molecule has 1 amide bonds. The highest BCUT2D eigenvalue weighted by atomic mass is 35.5. The molecule has 3 nitrogen and oxygen atoms in total. The number of carbonyl (C=O) groups excluding carboxylic acids is 1. The highest BCUT2D eigenvalue weighted by Crippen LogP contribution is 2.36. The quantitative estimate of drug-likeness (QED) is 0.810. The van der Waals surface area contributed by atoms with Crippen LogP contribution in [0.3, 0.4) is 0 Å². The van der Waals surface area contributed by atoms with Gasteiger partial charge in [-0.05, 0) is 19.9 Å². The molecule has 0 fully saturated rings.